The molecule has 2 fully saturated rings. The third-order valence-corrected chi connectivity index (χ3v) is 15.7. The second-order valence-electron chi connectivity index (χ2n) is 21.6. The minimum Gasteiger partial charge on any atom is -0.497 e. The van der Waals surface area contributed by atoms with Crippen molar-refractivity contribution in [1.82, 2.24) is 9.80 Å². The van der Waals surface area contributed by atoms with Crippen LogP contribution in [0.5, 0.6) is 17.2 Å². The lowest BCUT2D eigenvalue weighted by Crippen LogP contribution is -2.71. The Hall–Kier alpha value is -8.92. The molecular weight excluding hydrogens is 1130 g/mol. The summed E-state index contributed by atoms with van der Waals surface area (Å²) >= 11 is 0. The van der Waals surface area contributed by atoms with Crippen molar-refractivity contribution < 1.29 is 80.9 Å². The summed E-state index contributed by atoms with van der Waals surface area (Å²) in [7, 11) is 3.10. The van der Waals surface area contributed by atoms with Gasteiger partial charge in [0.1, 0.15) is 65.6 Å². The number of ether oxygens (including phenoxy) is 11. The maximum atomic E-state index is 15.2. The normalized spacial score (nSPS) is 23.1. The summed E-state index contributed by atoms with van der Waals surface area (Å²) in [5.41, 5.74) is 3.37. The molecule has 4 aliphatic heterocycles. The number of rotatable bonds is 26. The zero-order valence-electron chi connectivity index (χ0n) is 48.7. The van der Waals surface area contributed by atoms with Crippen LogP contribution in [0.1, 0.15) is 83.5 Å². The number of imide groups is 2. The molecule has 10 atom stereocenters. The Kier molecular flexibility index (Phi) is 19.5. The SMILES string of the molecule is COc1ccc(COCC2OC(Oc3ccc(OC)cc3)C(N3C(=O)c4ccccc4C3=O)C(OCc3ccccc3)C2OC2OC(COCc3ccccc3)C(OC(=O)CCC(C)=O)C(OCc3ccccc3)C2N2C(=O)c3ccccc3C2=O)cc1. The van der Waals surface area contributed by atoms with Crippen LogP contribution in [0.25, 0.3) is 0 Å². The summed E-state index contributed by atoms with van der Waals surface area (Å²) in [6.07, 6.45) is -12.1. The van der Waals surface area contributed by atoms with Crippen LogP contribution in [0.15, 0.2) is 188 Å². The Bertz CT molecular complexity index is 3480. The number of carbonyl (C=O) groups is 6. The average Bonchev–Trinajstić information content (AvgIpc) is 1.54. The summed E-state index contributed by atoms with van der Waals surface area (Å²) in [4.78, 5) is 89.3. The zero-order chi connectivity index (χ0) is 61.1. The minimum atomic E-state index is -1.76. The molecule has 88 heavy (non-hydrogen) atoms. The van der Waals surface area contributed by atoms with Crippen molar-refractivity contribution in [3.8, 4) is 17.2 Å². The van der Waals surface area contributed by atoms with E-state index in [9.17, 15) is 9.59 Å². The molecule has 454 valence electrons. The maximum Gasteiger partial charge on any atom is 0.306 e. The van der Waals surface area contributed by atoms with E-state index in [2.05, 4.69) is 0 Å². The molecule has 0 bridgehead atoms. The first kappa shape index (κ1) is 60.8. The van der Waals surface area contributed by atoms with Gasteiger partial charge in [-0.2, -0.15) is 0 Å². The fourth-order valence-corrected chi connectivity index (χ4v) is 11.3. The van der Waals surface area contributed by atoms with E-state index in [1.807, 2.05) is 103 Å². The number of hydrogen-bond acceptors (Lipinski definition) is 17. The highest BCUT2D eigenvalue weighted by Crippen LogP contribution is 2.42. The largest absolute Gasteiger partial charge is 0.497 e. The van der Waals surface area contributed by atoms with Gasteiger partial charge in [0.15, 0.2) is 12.4 Å². The van der Waals surface area contributed by atoms with Crippen molar-refractivity contribution >= 4 is 35.4 Å². The smallest absolute Gasteiger partial charge is 0.306 e. The monoisotopic (exact) mass is 1190 g/mol. The summed E-state index contributed by atoms with van der Waals surface area (Å²) in [6.45, 7) is 0.674. The molecule has 19 heteroatoms. The van der Waals surface area contributed by atoms with Crippen molar-refractivity contribution in [3.63, 3.8) is 0 Å². The van der Waals surface area contributed by atoms with Crippen LogP contribution in [-0.2, 0) is 73.9 Å². The van der Waals surface area contributed by atoms with E-state index in [-0.39, 0.29) is 86.3 Å². The molecule has 0 aliphatic carbocycles. The summed E-state index contributed by atoms with van der Waals surface area (Å²) < 4.78 is 73.0. The summed E-state index contributed by atoms with van der Waals surface area (Å²) in [6, 6.07) is 51.3. The molecule has 0 aromatic heterocycles. The Balaban J connectivity index is 1.08. The van der Waals surface area contributed by atoms with E-state index in [1.165, 1.54) is 26.2 Å². The van der Waals surface area contributed by atoms with Gasteiger partial charge in [-0.3, -0.25) is 33.8 Å². The third kappa shape index (κ3) is 13.8. The van der Waals surface area contributed by atoms with E-state index in [1.54, 1.807) is 79.9 Å². The number of methoxy groups -OCH3 is 2. The second-order valence-corrected chi connectivity index (χ2v) is 21.6. The number of esters is 1. The van der Waals surface area contributed by atoms with Crippen molar-refractivity contribution in [3.05, 3.63) is 233 Å². The van der Waals surface area contributed by atoms with E-state index in [4.69, 9.17) is 52.1 Å². The highest BCUT2D eigenvalue weighted by molar-refractivity contribution is 6.22. The average molecular weight is 1200 g/mol. The predicted molar refractivity (Wildman–Crippen MR) is 316 cm³/mol. The van der Waals surface area contributed by atoms with Gasteiger partial charge in [0, 0.05) is 6.42 Å². The topological polar surface area (TPSA) is 210 Å². The van der Waals surface area contributed by atoms with Gasteiger partial charge in [0.25, 0.3) is 23.6 Å². The lowest BCUT2D eigenvalue weighted by atomic mass is 9.92. The van der Waals surface area contributed by atoms with Gasteiger partial charge in [-0.05, 0) is 89.8 Å². The molecule has 7 aromatic carbocycles. The van der Waals surface area contributed by atoms with Crippen LogP contribution < -0.4 is 14.2 Å². The number of benzene rings is 7. The lowest BCUT2D eigenvalue weighted by molar-refractivity contribution is -0.343. The molecule has 2 saturated heterocycles. The first-order valence-electron chi connectivity index (χ1n) is 29.0. The summed E-state index contributed by atoms with van der Waals surface area (Å²) in [5.74, 6) is -2.42. The Morgan fingerprint density at radius 2 is 0.795 bits per heavy atom. The van der Waals surface area contributed by atoms with Crippen molar-refractivity contribution in [2.45, 2.75) is 107 Å². The number of carbonyl (C=O) groups excluding carboxylic acids is 6. The third-order valence-electron chi connectivity index (χ3n) is 15.7. The second kappa shape index (κ2) is 28.3. The van der Waals surface area contributed by atoms with Crippen LogP contribution in [0, 0.1) is 0 Å². The first-order chi connectivity index (χ1) is 43.0. The van der Waals surface area contributed by atoms with Crippen LogP contribution >= 0.6 is 0 Å². The van der Waals surface area contributed by atoms with Gasteiger partial charge in [-0.25, -0.2) is 0 Å². The number of Topliss-reactive ketones (excluding diaryl/α,β-unsaturated/α-hetero) is 1. The Morgan fingerprint density at radius 1 is 0.420 bits per heavy atom. The standard InChI is InChI=1S/C69H66N2O17/c1-43(72)27-36-57(73)87-60-55(41-80-37-44-17-7-4-8-18-44)86-69(59(62(60)82-39-45-19-9-5-10-20-45)71-66(76)53-25-15-16-26-54(53)67(71)77)88-61-56(42-81-38-47-28-30-48(78-2)31-29-47)85-68(84-50-34-32-49(79-3)33-35-50)58(63(61)83-40-46-21-11-6-12-22-46)70-64(74)51-23-13-14-24-52(51)65(70)75/h4-26,28-35,55-56,58-63,68-69H,27,36-42H2,1-3H3. The zero-order valence-corrected chi connectivity index (χ0v) is 48.7. The molecule has 0 spiro atoms. The Morgan fingerprint density at radius 3 is 1.25 bits per heavy atom. The van der Waals surface area contributed by atoms with Crippen molar-refractivity contribution in [2.75, 3.05) is 27.4 Å². The highest BCUT2D eigenvalue weighted by Gasteiger charge is 2.61. The van der Waals surface area contributed by atoms with Crippen LogP contribution in [-0.4, -0.2) is 134 Å². The lowest BCUT2D eigenvalue weighted by Gasteiger charge is -2.52. The molecule has 7 aromatic rings. The van der Waals surface area contributed by atoms with E-state index in [0.717, 1.165) is 20.9 Å². The first-order valence-corrected chi connectivity index (χ1v) is 29.0. The molecule has 0 radical (unpaired) electrons. The molecule has 4 heterocycles. The van der Waals surface area contributed by atoms with Crippen LogP contribution in [0.4, 0.5) is 0 Å². The van der Waals surface area contributed by atoms with Crippen LogP contribution in [0.3, 0.4) is 0 Å². The molecule has 0 saturated carbocycles. The molecular formula is C69H66N2O17. The minimum absolute atomic E-state index is 0.0441. The number of amides is 4. The van der Waals surface area contributed by atoms with Gasteiger partial charge >= 0.3 is 5.97 Å². The quantitative estimate of drug-likeness (QED) is 0.0365. The van der Waals surface area contributed by atoms with Gasteiger partial charge in [-0.1, -0.05) is 127 Å². The highest BCUT2D eigenvalue weighted by atomic mass is 16.7. The fourth-order valence-electron chi connectivity index (χ4n) is 11.3. The number of nitrogens with zero attached hydrogens (tertiary/aromatic N) is 2. The number of ketones is 1. The van der Waals surface area contributed by atoms with Crippen molar-refractivity contribution in [2.24, 2.45) is 0 Å². The molecule has 4 amide bonds. The molecule has 0 N–H and O–H groups in total. The van der Waals surface area contributed by atoms with Gasteiger partial charge in [0.05, 0.1) is 82.5 Å². The summed E-state index contributed by atoms with van der Waals surface area (Å²) in [5, 5.41) is 0. The number of fused-ring (bicyclic) bond motifs is 2. The molecule has 4 aliphatic rings. The predicted octanol–water partition coefficient (Wildman–Crippen LogP) is 9.13. The molecule has 11 rings (SSSR count). The van der Waals surface area contributed by atoms with E-state index < -0.39 is 90.9 Å². The molecule has 10 unspecified atom stereocenters. The Labute approximate surface area is 508 Å². The van der Waals surface area contributed by atoms with Crippen LogP contribution in [0.2, 0.25) is 0 Å². The fraction of sp³-hybridized carbons (Fsp3) is 0.304. The van der Waals surface area contributed by atoms with E-state index >= 15 is 19.2 Å². The maximum absolute atomic E-state index is 15.2. The van der Waals surface area contributed by atoms with E-state index in [0.29, 0.717) is 22.6 Å². The number of hydrogen-bond donors (Lipinski definition) is 0. The van der Waals surface area contributed by atoms with Gasteiger partial charge < -0.3 is 56.9 Å². The van der Waals surface area contributed by atoms with Gasteiger partial charge in [-0.15, -0.1) is 0 Å². The molecule has 19 nitrogen and oxygen atoms in total. The van der Waals surface area contributed by atoms with Gasteiger partial charge in [0.2, 0.25) is 6.29 Å². The van der Waals surface area contributed by atoms with Crippen molar-refractivity contribution in [1.29, 1.82) is 0 Å².